The Bertz CT molecular complexity index is 2360. The van der Waals surface area contributed by atoms with Gasteiger partial charge in [-0.2, -0.15) is 0 Å². The second-order valence-corrected chi connectivity index (χ2v) is 17.1. The number of nitrogens with zero attached hydrogens (tertiary/aromatic N) is 2. The van der Waals surface area contributed by atoms with Crippen LogP contribution in [-0.2, 0) is 54.6 Å². The van der Waals surface area contributed by atoms with Crippen LogP contribution in [0.5, 0.6) is 17.2 Å². The fourth-order valence-corrected chi connectivity index (χ4v) is 8.15. The van der Waals surface area contributed by atoms with E-state index >= 15 is 0 Å². The summed E-state index contributed by atoms with van der Waals surface area (Å²) in [6.07, 6.45) is 2.23. The zero-order valence-corrected chi connectivity index (χ0v) is 36.7. The summed E-state index contributed by atoms with van der Waals surface area (Å²) in [5, 5.41) is 0.00262. The molecule has 4 atom stereocenters. The minimum Gasteiger partial charge on any atom is -0.774 e. The lowest BCUT2D eigenvalue weighted by Gasteiger charge is -2.37. The second-order valence-electron chi connectivity index (χ2n) is 15.4. The number of ketones is 1. The second kappa shape index (κ2) is 20.7. The van der Waals surface area contributed by atoms with E-state index in [2.05, 4.69) is 11.9 Å². The lowest BCUT2D eigenvalue weighted by atomic mass is 9.91. The Balaban J connectivity index is 1.28. The van der Waals surface area contributed by atoms with Gasteiger partial charge in [-0.05, 0) is 111 Å². The summed E-state index contributed by atoms with van der Waals surface area (Å²) in [7, 11) is -1.17. The van der Waals surface area contributed by atoms with Crippen LogP contribution in [0.4, 0.5) is 0 Å². The number of piperidine rings is 1. The van der Waals surface area contributed by atoms with Gasteiger partial charge in [0, 0.05) is 19.0 Å². The molecule has 15 nitrogen and oxygen atoms in total. The highest BCUT2D eigenvalue weighted by atomic mass is 32.2. The van der Waals surface area contributed by atoms with Crippen LogP contribution in [0.25, 0.3) is 0 Å². The van der Waals surface area contributed by atoms with Gasteiger partial charge < -0.3 is 33.2 Å². The van der Waals surface area contributed by atoms with E-state index in [0.717, 1.165) is 40.7 Å². The number of benzene rings is 3. The molecule has 1 fully saturated rings. The van der Waals surface area contributed by atoms with Crippen molar-refractivity contribution in [3.8, 4) is 17.2 Å². The Hall–Kier alpha value is -6.00. The van der Waals surface area contributed by atoms with Crippen molar-refractivity contribution in [2.24, 2.45) is 0 Å². The average molecular weight is 874 g/mol. The van der Waals surface area contributed by atoms with E-state index in [1.807, 2.05) is 52.0 Å². The first-order valence-electron chi connectivity index (χ1n) is 20.4. The molecular formula is C46H53N2O13S-. The van der Waals surface area contributed by atoms with Crippen LogP contribution in [0.1, 0.15) is 97.3 Å². The van der Waals surface area contributed by atoms with Crippen LogP contribution >= 0.6 is 0 Å². The zero-order chi connectivity index (χ0) is 45.3. The summed E-state index contributed by atoms with van der Waals surface area (Å²) in [5.74, 6) is -1.17. The third kappa shape index (κ3) is 11.5. The smallest absolute Gasteiger partial charge is 0.333 e. The number of aryl methyl sites for hydroxylation is 4. The van der Waals surface area contributed by atoms with E-state index in [4.69, 9.17) is 23.8 Å². The van der Waals surface area contributed by atoms with Crippen molar-refractivity contribution in [3.63, 3.8) is 0 Å². The number of imide groups is 1. The molecule has 1 unspecified atom stereocenters. The largest absolute Gasteiger partial charge is 0.774 e. The van der Waals surface area contributed by atoms with Crippen molar-refractivity contribution in [2.45, 2.75) is 97.1 Å². The fourth-order valence-electron chi connectivity index (χ4n) is 7.52. The Morgan fingerprint density at radius 2 is 1.68 bits per heavy atom. The van der Waals surface area contributed by atoms with Crippen LogP contribution < -0.4 is 14.2 Å². The third-order valence-corrected chi connectivity index (χ3v) is 12.0. The number of esters is 1. The number of carbonyl (C=O) groups is 6. The number of hydrogen-bond donors (Lipinski definition) is 0. The highest BCUT2D eigenvalue weighted by molar-refractivity contribution is 7.99. The van der Waals surface area contributed by atoms with Gasteiger partial charge in [0.1, 0.15) is 24.5 Å². The fraction of sp³-hybridized carbons (Fsp3) is 0.413. The molecule has 0 saturated carbocycles. The van der Waals surface area contributed by atoms with Gasteiger partial charge in [0.25, 0.3) is 5.91 Å². The maximum Gasteiger partial charge on any atom is 0.333 e. The predicted molar refractivity (Wildman–Crippen MR) is 228 cm³/mol. The molecule has 3 amide bonds. The Kier molecular flexibility index (Phi) is 15.7. The first-order valence-corrected chi connectivity index (χ1v) is 22.0. The van der Waals surface area contributed by atoms with Gasteiger partial charge in [-0.25, -0.2) is 9.59 Å². The molecular weight excluding hydrogens is 821 g/mol. The number of hydroxylamine groups is 2. The summed E-state index contributed by atoms with van der Waals surface area (Å²) in [4.78, 5) is 83.5. The van der Waals surface area contributed by atoms with Crippen molar-refractivity contribution < 1.29 is 61.3 Å². The van der Waals surface area contributed by atoms with E-state index in [1.54, 1.807) is 43.4 Å². The molecule has 2 heterocycles. The minimum absolute atomic E-state index is 0.00262. The van der Waals surface area contributed by atoms with Crippen molar-refractivity contribution in [3.05, 3.63) is 99.0 Å². The molecule has 0 aromatic heterocycles. The van der Waals surface area contributed by atoms with E-state index in [0.29, 0.717) is 55.4 Å². The Labute approximate surface area is 362 Å². The summed E-state index contributed by atoms with van der Waals surface area (Å²) < 4.78 is 46.5. The van der Waals surface area contributed by atoms with Crippen LogP contribution in [0.15, 0.2) is 65.6 Å². The molecule has 0 aliphatic carbocycles. The summed E-state index contributed by atoms with van der Waals surface area (Å²) in [5.41, 5.74) is 5.53. The van der Waals surface area contributed by atoms with Gasteiger partial charge in [0.2, 0.25) is 5.91 Å². The summed E-state index contributed by atoms with van der Waals surface area (Å²) >= 11 is 0. The van der Waals surface area contributed by atoms with Gasteiger partial charge in [0.15, 0.2) is 17.3 Å². The van der Waals surface area contributed by atoms with Crippen LogP contribution in [0, 0.1) is 20.8 Å². The molecule has 3 aromatic carbocycles. The number of rotatable bonds is 19. The summed E-state index contributed by atoms with van der Waals surface area (Å²) in [6, 6.07) is 15.9. The molecule has 0 spiro atoms. The van der Waals surface area contributed by atoms with E-state index in [1.165, 1.54) is 0 Å². The third-order valence-electron chi connectivity index (χ3n) is 11.0. The number of hydrogen-bond acceptors (Lipinski definition) is 13. The van der Waals surface area contributed by atoms with Crippen molar-refractivity contribution in [2.75, 3.05) is 27.4 Å². The Morgan fingerprint density at radius 3 is 2.34 bits per heavy atom. The van der Waals surface area contributed by atoms with Crippen molar-refractivity contribution in [1.29, 1.82) is 0 Å². The predicted octanol–water partition coefficient (Wildman–Crippen LogP) is 5.71. The lowest BCUT2D eigenvalue weighted by molar-refractivity contribution is -0.196. The highest BCUT2D eigenvalue weighted by Gasteiger charge is 2.39. The van der Waals surface area contributed by atoms with Crippen molar-refractivity contribution >= 4 is 51.1 Å². The van der Waals surface area contributed by atoms with Gasteiger partial charge in [-0.15, -0.1) is 0 Å². The Morgan fingerprint density at radius 1 is 0.919 bits per heavy atom. The summed E-state index contributed by atoms with van der Waals surface area (Å²) in [6.45, 7) is 7.84. The van der Waals surface area contributed by atoms with Crippen LogP contribution in [0.2, 0.25) is 0 Å². The van der Waals surface area contributed by atoms with E-state index in [-0.39, 0.29) is 23.1 Å². The molecule has 5 rings (SSSR count). The first-order chi connectivity index (χ1) is 29.4. The quantitative estimate of drug-likeness (QED) is 0.0809. The molecule has 0 radical (unpaired) electrons. The van der Waals surface area contributed by atoms with Gasteiger partial charge in [-0.3, -0.25) is 23.4 Å². The first kappa shape index (κ1) is 47.1. The number of carbonyl (C=O) groups excluding carboxylic acids is 6. The number of Topliss-reactive ketones (excluding diaryl/α,β-unsaturated/α-hetero) is 1. The molecule has 62 heavy (non-hydrogen) atoms. The van der Waals surface area contributed by atoms with Gasteiger partial charge in [0.05, 0.1) is 31.5 Å². The zero-order valence-electron chi connectivity index (χ0n) is 35.9. The molecule has 16 heteroatoms. The normalized spacial score (nSPS) is 17.1. The number of ether oxygens (including phenoxy) is 4. The SMILES string of the molecule is C=S(=O)([O-])C1=CC(=O)N(OC(=O)CCC(=O)COc2cccc([C@@H](CCc3ccc(C)c(C)c3)OC(=O)[C@@H]3CCCCN3C(=O)[C@@H](CC)c3cc(C)c(OC)c(OC)c3)c2)C1=O. The van der Waals surface area contributed by atoms with E-state index in [9.17, 15) is 37.5 Å². The van der Waals surface area contributed by atoms with Gasteiger partial charge in [-0.1, -0.05) is 64.1 Å². The maximum atomic E-state index is 14.4. The van der Waals surface area contributed by atoms with Gasteiger partial charge >= 0.3 is 17.8 Å². The van der Waals surface area contributed by atoms with Crippen LogP contribution in [-0.4, -0.2) is 93.5 Å². The number of methoxy groups -OCH3 is 2. The number of amides is 3. The number of likely N-dealkylation sites (tertiary alicyclic amines) is 1. The molecule has 332 valence electrons. The molecule has 1 saturated heterocycles. The molecule has 0 bridgehead atoms. The molecule has 0 N–H and O–H groups in total. The van der Waals surface area contributed by atoms with Crippen LogP contribution in [0.3, 0.4) is 0 Å². The molecule has 2 aliphatic heterocycles. The monoisotopic (exact) mass is 873 g/mol. The maximum absolute atomic E-state index is 14.4. The molecule has 3 aromatic rings. The average Bonchev–Trinajstić information content (AvgIpc) is 3.53. The topological polar surface area (TPSA) is 195 Å². The lowest BCUT2D eigenvalue weighted by Crippen LogP contribution is -2.50. The highest BCUT2D eigenvalue weighted by Crippen LogP contribution is 2.37. The molecule has 2 aliphatic rings. The van der Waals surface area contributed by atoms with Crippen molar-refractivity contribution in [1.82, 2.24) is 9.96 Å². The van der Waals surface area contributed by atoms with E-state index < -0.39 is 75.3 Å². The standard InChI is InChI=1S/C46H54N2O13S/c1-8-36(33-23-30(4)43(58-6)39(25-33)57-5)44(52)47-21-10-9-14-37(47)46(54)60-38(19-17-31-16-15-28(2)29(3)22-31)32-12-11-13-35(24-32)59-27-34(49)18-20-42(51)61-48-41(50)26-40(45(48)53)62(7,55)56/h11-13,15-16,22-26,36-38H,7-10,14,17-21,27H2,1-6H3,(H,55,56)/p-1/t36-,37-,38+/m0/s1. The minimum atomic E-state index is -4.28.